The number of hydrogen-bond acceptors (Lipinski definition) is 5. The van der Waals surface area contributed by atoms with Gasteiger partial charge in [-0.25, -0.2) is 4.98 Å². The molecule has 1 aromatic rings. The van der Waals surface area contributed by atoms with E-state index in [9.17, 15) is 4.79 Å². The topological polar surface area (TPSA) is 78.9 Å². The number of nitrogens with zero attached hydrogens (tertiary/aromatic N) is 2. The van der Waals surface area contributed by atoms with Crippen LogP contribution in [0.25, 0.3) is 0 Å². The molecule has 6 nitrogen and oxygen atoms in total. The van der Waals surface area contributed by atoms with Crippen molar-refractivity contribution in [2.45, 2.75) is 39.3 Å². The third-order valence-electron chi connectivity index (χ3n) is 2.15. The zero-order valence-electron chi connectivity index (χ0n) is 11.5. The smallest absolute Gasteiger partial charge is 0.242 e. The van der Waals surface area contributed by atoms with Crippen LogP contribution in [0.3, 0.4) is 0 Å². The average molecular weight is 251 g/mol. The highest BCUT2D eigenvalue weighted by atomic mass is 16.2. The van der Waals surface area contributed by atoms with E-state index in [2.05, 4.69) is 25.9 Å². The van der Waals surface area contributed by atoms with Crippen molar-refractivity contribution in [3.05, 3.63) is 12.4 Å². The molecule has 0 aliphatic rings. The van der Waals surface area contributed by atoms with Crippen LogP contribution in [0.1, 0.15) is 27.7 Å². The molecule has 0 aromatic carbocycles. The Morgan fingerprint density at radius 1 is 1.28 bits per heavy atom. The minimum Gasteiger partial charge on any atom is -0.372 e. The predicted octanol–water partition coefficient (Wildman–Crippen LogP) is 1.23. The van der Waals surface area contributed by atoms with Crippen molar-refractivity contribution in [2.75, 3.05) is 17.7 Å². The SMILES string of the molecule is CNc1cncc(NC(C)C(=O)NC(C)(C)C)n1. The number of carbonyl (C=O) groups is 1. The van der Waals surface area contributed by atoms with Gasteiger partial charge < -0.3 is 16.0 Å². The van der Waals surface area contributed by atoms with E-state index < -0.39 is 0 Å². The first-order valence-electron chi connectivity index (χ1n) is 5.90. The highest BCUT2D eigenvalue weighted by Crippen LogP contribution is 2.08. The van der Waals surface area contributed by atoms with Crippen molar-refractivity contribution in [3.63, 3.8) is 0 Å². The van der Waals surface area contributed by atoms with Gasteiger partial charge in [0, 0.05) is 12.6 Å². The summed E-state index contributed by atoms with van der Waals surface area (Å²) < 4.78 is 0. The quantitative estimate of drug-likeness (QED) is 0.750. The molecule has 18 heavy (non-hydrogen) atoms. The first-order valence-corrected chi connectivity index (χ1v) is 5.90. The van der Waals surface area contributed by atoms with Gasteiger partial charge in [0.1, 0.15) is 17.7 Å². The number of amides is 1. The monoisotopic (exact) mass is 251 g/mol. The van der Waals surface area contributed by atoms with Crippen LogP contribution in [-0.4, -0.2) is 34.5 Å². The Labute approximate surface area is 108 Å². The average Bonchev–Trinajstić information content (AvgIpc) is 2.27. The minimum absolute atomic E-state index is 0.0702. The zero-order chi connectivity index (χ0) is 13.8. The molecule has 0 spiro atoms. The number of nitrogens with one attached hydrogen (secondary N) is 3. The highest BCUT2D eigenvalue weighted by molar-refractivity contribution is 5.84. The molecule has 0 aliphatic carbocycles. The maximum atomic E-state index is 11.9. The Morgan fingerprint density at radius 2 is 1.89 bits per heavy atom. The van der Waals surface area contributed by atoms with E-state index in [0.717, 1.165) is 0 Å². The standard InChI is InChI=1S/C12H21N5O/c1-8(11(18)17-12(2,3)4)15-10-7-14-6-9(13-5)16-10/h6-8H,1-5H3,(H,17,18)(H2,13,15,16). The van der Waals surface area contributed by atoms with E-state index in [-0.39, 0.29) is 17.5 Å². The van der Waals surface area contributed by atoms with Gasteiger partial charge in [-0.15, -0.1) is 0 Å². The molecule has 0 bridgehead atoms. The van der Waals surface area contributed by atoms with Gasteiger partial charge >= 0.3 is 0 Å². The number of hydrogen-bond donors (Lipinski definition) is 3. The van der Waals surface area contributed by atoms with Gasteiger partial charge in [-0.2, -0.15) is 0 Å². The summed E-state index contributed by atoms with van der Waals surface area (Å²) in [5.41, 5.74) is -0.245. The lowest BCUT2D eigenvalue weighted by molar-refractivity contribution is -0.122. The molecule has 3 N–H and O–H groups in total. The molecule has 1 unspecified atom stereocenters. The van der Waals surface area contributed by atoms with Crippen LogP contribution in [0.2, 0.25) is 0 Å². The normalized spacial score (nSPS) is 12.7. The van der Waals surface area contributed by atoms with Gasteiger partial charge in [0.05, 0.1) is 12.4 Å². The largest absolute Gasteiger partial charge is 0.372 e. The van der Waals surface area contributed by atoms with Crippen molar-refractivity contribution in [3.8, 4) is 0 Å². The molecule has 1 atom stereocenters. The molecule has 0 saturated heterocycles. The fourth-order valence-electron chi connectivity index (χ4n) is 1.32. The summed E-state index contributed by atoms with van der Waals surface area (Å²) in [5, 5.41) is 8.81. The van der Waals surface area contributed by atoms with Crippen LogP contribution >= 0.6 is 0 Å². The van der Waals surface area contributed by atoms with Gasteiger partial charge in [-0.05, 0) is 27.7 Å². The predicted molar refractivity (Wildman–Crippen MR) is 72.6 cm³/mol. The van der Waals surface area contributed by atoms with E-state index in [1.54, 1.807) is 26.4 Å². The highest BCUT2D eigenvalue weighted by Gasteiger charge is 2.19. The molecule has 1 heterocycles. The Kier molecular flexibility index (Phi) is 4.47. The Hall–Kier alpha value is -1.85. The molecule has 100 valence electrons. The second-order valence-corrected chi connectivity index (χ2v) is 5.14. The van der Waals surface area contributed by atoms with Crippen LogP contribution < -0.4 is 16.0 Å². The summed E-state index contributed by atoms with van der Waals surface area (Å²) in [7, 11) is 1.77. The van der Waals surface area contributed by atoms with Gasteiger partial charge in [0.15, 0.2) is 0 Å². The van der Waals surface area contributed by atoms with Gasteiger partial charge in [-0.3, -0.25) is 9.78 Å². The van der Waals surface area contributed by atoms with Crippen molar-refractivity contribution in [1.29, 1.82) is 0 Å². The molecular formula is C12H21N5O. The molecule has 6 heteroatoms. The van der Waals surface area contributed by atoms with Crippen molar-refractivity contribution >= 4 is 17.5 Å². The molecule has 0 radical (unpaired) electrons. The molecule has 0 aliphatic heterocycles. The summed E-state index contributed by atoms with van der Waals surface area (Å²) in [6.07, 6.45) is 3.20. The van der Waals surface area contributed by atoms with Crippen LogP contribution in [0.15, 0.2) is 12.4 Å². The molecule has 0 fully saturated rings. The Balaban J connectivity index is 2.63. The van der Waals surface area contributed by atoms with Crippen LogP contribution in [-0.2, 0) is 4.79 Å². The van der Waals surface area contributed by atoms with Crippen LogP contribution in [0.4, 0.5) is 11.6 Å². The fourth-order valence-corrected chi connectivity index (χ4v) is 1.32. The fraction of sp³-hybridized carbons (Fsp3) is 0.583. The van der Waals surface area contributed by atoms with Crippen molar-refractivity contribution < 1.29 is 4.79 Å². The van der Waals surface area contributed by atoms with Crippen LogP contribution in [0.5, 0.6) is 0 Å². The van der Waals surface area contributed by atoms with E-state index in [4.69, 9.17) is 0 Å². The third-order valence-corrected chi connectivity index (χ3v) is 2.15. The van der Waals surface area contributed by atoms with E-state index in [0.29, 0.717) is 11.6 Å². The van der Waals surface area contributed by atoms with Gasteiger partial charge in [0.2, 0.25) is 5.91 Å². The molecule has 1 amide bonds. The van der Waals surface area contributed by atoms with E-state index in [1.165, 1.54) is 0 Å². The second-order valence-electron chi connectivity index (χ2n) is 5.14. The van der Waals surface area contributed by atoms with Crippen molar-refractivity contribution in [1.82, 2.24) is 15.3 Å². The summed E-state index contributed by atoms with van der Waals surface area (Å²) in [6.45, 7) is 7.62. The van der Waals surface area contributed by atoms with Crippen LogP contribution in [0, 0.1) is 0 Å². The van der Waals surface area contributed by atoms with Crippen molar-refractivity contribution in [2.24, 2.45) is 0 Å². The summed E-state index contributed by atoms with van der Waals surface area (Å²) in [4.78, 5) is 20.1. The maximum absolute atomic E-state index is 11.9. The zero-order valence-corrected chi connectivity index (χ0v) is 11.5. The molecule has 1 rings (SSSR count). The molecule has 1 aromatic heterocycles. The number of anilines is 2. The molecule has 0 saturated carbocycles. The lowest BCUT2D eigenvalue weighted by Crippen LogP contribution is -2.47. The number of aromatic nitrogens is 2. The number of carbonyl (C=O) groups excluding carboxylic acids is 1. The number of rotatable bonds is 4. The van der Waals surface area contributed by atoms with E-state index >= 15 is 0 Å². The first kappa shape index (κ1) is 14.2. The lowest BCUT2D eigenvalue weighted by atomic mass is 10.1. The summed E-state index contributed by atoms with van der Waals surface area (Å²) >= 11 is 0. The lowest BCUT2D eigenvalue weighted by Gasteiger charge is -2.23. The van der Waals surface area contributed by atoms with Gasteiger partial charge in [-0.1, -0.05) is 0 Å². The molecular weight excluding hydrogens is 230 g/mol. The Bertz CT molecular complexity index is 413. The summed E-state index contributed by atoms with van der Waals surface area (Å²) in [5.74, 6) is 1.15. The third kappa shape index (κ3) is 4.57. The maximum Gasteiger partial charge on any atom is 0.242 e. The Morgan fingerprint density at radius 3 is 2.44 bits per heavy atom. The first-order chi connectivity index (χ1) is 8.31. The summed E-state index contributed by atoms with van der Waals surface area (Å²) in [6, 6.07) is -0.370. The van der Waals surface area contributed by atoms with E-state index in [1.807, 2.05) is 20.8 Å². The minimum atomic E-state index is -0.370. The van der Waals surface area contributed by atoms with Gasteiger partial charge in [0.25, 0.3) is 0 Å². The second kappa shape index (κ2) is 5.66.